The van der Waals surface area contributed by atoms with E-state index in [1.54, 1.807) is 0 Å². The quantitative estimate of drug-likeness (QED) is 0.586. The molecule has 1 nitrogen and oxygen atoms in total. The van der Waals surface area contributed by atoms with Crippen molar-refractivity contribution in [3.8, 4) is 0 Å². The number of fused-ring (bicyclic) bond motifs is 1. The molecule has 11 heavy (non-hydrogen) atoms. The van der Waals surface area contributed by atoms with Crippen molar-refractivity contribution in [3.63, 3.8) is 0 Å². The summed E-state index contributed by atoms with van der Waals surface area (Å²) >= 11 is 0. The predicted molar refractivity (Wildman–Crippen MR) is 43.9 cm³/mol. The van der Waals surface area contributed by atoms with E-state index in [2.05, 4.69) is 0 Å². The molecule has 1 aromatic carbocycles. The van der Waals surface area contributed by atoms with E-state index in [4.69, 9.17) is 0 Å². The smallest absolute Gasteiger partial charge is 0.210 e. The van der Waals surface area contributed by atoms with E-state index in [9.17, 15) is 4.79 Å². The lowest BCUT2D eigenvalue weighted by Crippen LogP contribution is -1.92. The summed E-state index contributed by atoms with van der Waals surface area (Å²) < 4.78 is 0. The van der Waals surface area contributed by atoms with E-state index in [0.29, 0.717) is 0 Å². The molecule has 0 amide bonds. The summed E-state index contributed by atoms with van der Waals surface area (Å²) in [5.74, 6) is -0.133. The number of allylic oxidation sites excluding steroid dienone is 1. The Balaban J connectivity index is 2.53. The minimum atomic E-state index is -0.133. The molecular weight excluding hydrogens is 136 g/mol. The second-order valence-corrected chi connectivity index (χ2v) is 2.58. The van der Waals surface area contributed by atoms with Crippen molar-refractivity contribution >= 4 is 12.4 Å². The summed E-state index contributed by atoms with van der Waals surface area (Å²) in [4.78, 5) is 10.4. The van der Waals surface area contributed by atoms with Crippen LogP contribution in [-0.4, -0.2) is 6.29 Å². The Bertz CT molecular complexity index is 312. The van der Waals surface area contributed by atoms with Crippen molar-refractivity contribution < 1.29 is 4.79 Å². The molecule has 0 fully saturated rings. The topological polar surface area (TPSA) is 17.1 Å². The first-order valence-electron chi connectivity index (χ1n) is 3.56. The Hall–Kier alpha value is -1.37. The molecule has 1 radical (unpaired) electrons. The summed E-state index contributed by atoms with van der Waals surface area (Å²) in [5, 5.41) is 0. The first-order valence-corrected chi connectivity index (χ1v) is 3.56. The second-order valence-electron chi connectivity index (χ2n) is 2.58. The van der Waals surface area contributed by atoms with Crippen molar-refractivity contribution in [3.05, 3.63) is 41.5 Å². The van der Waals surface area contributed by atoms with E-state index in [1.165, 1.54) is 0 Å². The van der Waals surface area contributed by atoms with Gasteiger partial charge in [0.05, 0.1) is 5.92 Å². The Kier molecular flexibility index (Phi) is 1.35. The average molecular weight is 143 g/mol. The maximum absolute atomic E-state index is 10.4. The van der Waals surface area contributed by atoms with Gasteiger partial charge in [0.2, 0.25) is 6.29 Å². The molecule has 0 saturated carbocycles. The van der Waals surface area contributed by atoms with E-state index >= 15 is 0 Å². The van der Waals surface area contributed by atoms with Gasteiger partial charge in [-0.25, -0.2) is 0 Å². The number of hydrogen-bond acceptors (Lipinski definition) is 1. The van der Waals surface area contributed by atoms with Crippen LogP contribution in [0, 0.1) is 0 Å². The molecule has 0 spiro atoms. The maximum Gasteiger partial charge on any atom is 0.210 e. The van der Waals surface area contributed by atoms with Crippen molar-refractivity contribution in [1.29, 1.82) is 0 Å². The Morgan fingerprint density at radius 2 is 2.09 bits per heavy atom. The lowest BCUT2D eigenvalue weighted by molar-refractivity contribution is 0.551. The van der Waals surface area contributed by atoms with Gasteiger partial charge >= 0.3 is 0 Å². The Morgan fingerprint density at radius 1 is 1.27 bits per heavy atom. The fourth-order valence-corrected chi connectivity index (χ4v) is 1.35. The van der Waals surface area contributed by atoms with Crippen LogP contribution in [0.2, 0.25) is 0 Å². The van der Waals surface area contributed by atoms with Crippen molar-refractivity contribution in [1.82, 2.24) is 0 Å². The van der Waals surface area contributed by atoms with Crippen LogP contribution in [0.4, 0.5) is 0 Å². The second kappa shape index (κ2) is 2.35. The van der Waals surface area contributed by atoms with Crippen molar-refractivity contribution in [2.75, 3.05) is 0 Å². The zero-order chi connectivity index (χ0) is 7.68. The molecule has 0 saturated heterocycles. The van der Waals surface area contributed by atoms with Crippen LogP contribution in [0.1, 0.15) is 17.0 Å². The van der Waals surface area contributed by atoms with Gasteiger partial charge in [0.1, 0.15) is 0 Å². The van der Waals surface area contributed by atoms with Gasteiger partial charge < -0.3 is 0 Å². The van der Waals surface area contributed by atoms with Crippen LogP contribution >= 0.6 is 0 Å². The molecule has 0 N–H and O–H groups in total. The molecule has 0 aromatic heterocycles. The lowest BCUT2D eigenvalue weighted by atomic mass is 10.0. The number of hydrogen-bond donors (Lipinski definition) is 0. The number of carbonyl (C=O) groups excluding carboxylic acids is 1. The van der Waals surface area contributed by atoms with Gasteiger partial charge in [-0.1, -0.05) is 36.4 Å². The number of rotatable bonds is 1. The summed E-state index contributed by atoms with van der Waals surface area (Å²) in [7, 11) is 0. The monoisotopic (exact) mass is 143 g/mol. The highest BCUT2D eigenvalue weighted by Gasteiger charge is 2.15. The van der Waals surface area contributed by atoms with Gasteiger partial charge in [-0.15, -0.1) is 0 Å². The predicted octanol–water partition coefficient (Wildman–Crippen LogP) is 1.91. The van der Waals surface area contributed by atoms with Crippen LogP contribution in [0.5, 0.6) is 0 Å². The average Bonchev–Trinajstić information content (AvgIpc) is 2.47. The molecule has 0 heterocycles. The molecule has 1 aromatic rings. The SMILES string of the molecule is O=[C]C1C=Cc2ccccc21. The molecule has 0 aliphatic heterocycles. The largest absolute Gasteiger partial charge is 0.290 e. The summed E-state index contributed by atoms with van der Waals surface area (Å²) in [6.45, 7) is 0. The summed E-state index contributed by atoms with van der Waals surface area (Å²) in [6, 6.07) is 7.88. The minimum absolute atomic E-state index is 0.133. The molecule has 0 bridgehead atoms. The molecule has 53 valence electrons. The summed E-state index contributed by atoms with van der Waals surface area (Å²) in [6.07, 6.45) is 5.82. The summed E-state index contributed by atoms with van der Waals surface area (Å²) in [5.41, 5.74) is 2.21. The first kappa shape index (κ1) is 6.35. The van der Waals surface area contributed by atoms with Gasteiger partial charge in [0, 0.05) is 0 Å². The zero-order valence-corrected chi connectivity index (χ0v) is 5.95. The third-order valence-electron chi connectivity index (χ3n) is 1.93. The fraction of sp³-hybridized carbons (Fsp3) is 0.100. The van der Waals surface area contributed by atoms with Gasteiger partial charge in [0.25, 0.3) is 0 Å². The maximum atomic E-state index is 10.4. The molecule has 1 aliphatic carbocycles. The van der Waals surface area contributed by atoms with E-state index in [-0.39, 0.29) is 5.92 Å². The minimum Gasteiger partial charge on any atom is -0.290 e. The Morgan fingerprint density at radius 3 is 2.91 bits per heavy atom. The Labute approximate surface area is 65.4 Å². The molecule has 1 atom stereocenters. The van der Waals surface area contributed by atoms with Crippen LogP contribution in [-0.2, 0) is 4.79 Å². The lowest BCUT2D eigenvalue weighted by Gasteiger charge is -1.99. The van der Waals surface area contributed by atoms with Crippen LogP contribution in [0.15, 0.2) is 30.3 Å². The number of benzene rings is 1. The first-order chi connectivity index (χ1) is 5.42. The molecule has 2 rings (SSSR count). The van der Waals surface area contributed by atoms with Crippen LogP contribution < -0.4 is 0 Å². The molecule has 1 aliphatic rings. The fourth-order valence-electron chi connectivity index (χ4n) is 1.35. The molecule has 1 heteroatoms. The van der Waals surface area contributed by atoms with Gasteiger partial charge in [0.15, 0.2) is 0 Å². The van der Waals surface area contributed by atoms with Crippen molar-refractivity contribution in [2.45, 2.75) is 5.92 Å². The molecular formula is C10H7O. The highest BCUT2D eigenvalue weighted by atomic mass is 16.1. The standard InChI is InChI=1S/C10H7O/c11-7-9-6-5-8-3-1-2-4-10(8)9/h1-6,9H. The molecule has 1 unspecified atom stereocenters. The van der Waals surface area contributed by atoms with Crippen molar-refractivity contribution in [2.24, 2.45) is 0 Å². The van der Waals surface area contributed by atoms with E-state index < -0.39 is 0 Å². The highest BCUT2D eigenvalue weighted by Crippen LogP contribution is 2.27. The van der Waals surface area contributed by atoms with Gasteiger partial charge in [-0.3, -0.25) is 4.79 Å². The van der Waals surface area contributed by atoms with Crippen LogP contribution in [0.25, 0.3) is 6.08 Å². The van der Waals surface area contributed by atoms with Gasteiger partial charge in [-0.2, -0.15) is 0 Å². The normalized spacial score (nSPS) is 19.8. The van der Waals surface area contributed by atoms with E-state index in [0.717, 1.165) is 11.1 Å². The third kappa shape index (κ3) is 0.891. The van der Waals surface area contributed by atoms with E-state index in [1.807, 2.05) is 42.7 Å². The van der Waals surface area contributed by atoms with Crippen LogP contribution in [0.3, 0.4) is 0 Å². The van der Waals surface area contributed by atoms with Gasteiger partial charge in [-0.05, 0) is 11.1 Å². The zero-order valence-electron chi connectivity index (χ0n) is 5.95. The third-order valence-corrected chi connectivity index (χ3v) is 1.93. The highest BCUT2D eigenvalue weighted by molar-refractivity contribution is 5.77.